The highest BCUT2D eigenvalue weighted by atomic mass is 32.2. The summed E-state index contributed by atoms with van der Waals surface area (Å²) in [5.74, 6) is 1.39. The highest BCUT2D eigenvalue weighted by molar-refractivity contribution is 7.90. The molecular weight excluding hydrogens is 378 g/mol. The lowest BCUT2D eigenvalue weighted by atomic mass is 10.2. The molecule has 28 heavy (non-hydrogen) atoms. The molecule has 0 aliphatic rings. The summed E-state index contributed by atoms with van der Waals surface area (Å²) in [6.07, 6.45) is 0. The van der Waals surface area contributed by atoms with Crippen molar-refractivity contribution in [1.29, 1.82) is 0 Å². The monoisotopic (exact) mass is 399 g/mol. The SMILES string of the molecule is CN(C)S(=O)(=O)Nc1ccc(Nc2ccc(OCc3ccccc3)cc2)nn1. The zero-order valence-corrected chi connectivity index (χ0v) is 16.3. The average Bonchev–Trinajstić information content (AvgIpc) is 2.69. The molecule has 0 aliphatic carbocycles. The molecular formula is C19H21N5O3S. The van der Waals surface area contributed by atoms with Crippen LogP contribution in [0.5, 0.6) is 5.75 Å². The first-order valence-electron chi connectivity index (χ1n) is 8.50. The van der Waals surface area contributed by atoms with Gasteiger partial charge in [-0.15, -0.1) is 10.2 Å². The lowest BCUT2D eigenvalue weighted by molar-refractivity contribution is 0.306. The molecule has 1 aromatic heterocycles. The van der Waals surface area contributed by atoms with Gasteiger partial charge in [-0.25, -0.2) is 0 Å². The first kappa shape index (κ1) is 19.6. The second-order valence-corrected chi connectivity index (χ2v) is 8.00. The van der Waals surface area contributed by atoms with E-state index >= 15 is 0 Å². The van der Waals surface area contributed by atoms with Crippen LogP contribution in [0, 0.1) is 0 Å². The van der Waals surface area contributed by atoms with Gasteiger partial charge >= 0.3 is 10.2 Å². The highest BCUT2D eigenvalue weighted by Crippen LogP contribution is 2.20. The molecule has 0 radical (unpaired) electrons. The van der Waals surface area contributed by atoms with Gasteiger partial charge in [0.15, 0.2) is 11.6 Å². The Hall–Kier alpha value is -3.17. The summed E-state index contributed by atoms with van der Waals surface area (Å²) in [7, 11) is -0.748. The first-order valence-corrected chi connectivity index (χ1v) is 9.94. The lowest BCUT2D eigenvalue weighted by Gasteiger charge is -2.12. The van der Waals surface area contributed by atoms with Gasteiger partial charge in [-0.2, -0.15) is 12.7 Å². The number of hydrogen-bond acceptors (Lipinski definition) is 6. The largest absolute Gasteiger partial charge is 0.489 e. The Morgan fingerprint density at radius 3 is 2.14 bits per heavy atom. The molecule has 146 valence electrons. The Morgan fingerprint density at radius 2 is 1.54 bits per heavy atom. The summed E-state index contributed by atoms with van der Waals surface area (Å²) in [5, 5.41) is 10.9. The summed E-state index contributed by atoms with van der Waals surface area (Å²) in [4.78, 5) is 0. The number of nitrogens with zero attached hydrogens (tertiary/aromatic N) is 3. The van der Waals surface area contributed by atoms with E-state index in [9.17, 15) is 8.42 Å². The molecule has 3 rings (SSSR count). The predicted octanol–water partition coefficient (Wildman–Crippen LogP) is 3.02. The quantitative estimate of drug-likeness (QED) is 0.604. The molecule has 2 aromatic carbocycles. The normalized spacial score (nSPS) is 11.2. The molecule has 0 aliphatic heterocycles. The van der Waals surface area contributed by atoms with E-state index in [1.165, 1.54) is 20.2 Å². The van der Waals surface area contributed by atoms with Crippen LogP contribution in [0.15, 0.2) is 66.7 Å². The van der Waals surface area contributed by atoms with Gasteiger partial charge < -0.3 is 10.1 Å². The summed E-state index contributed by atoms with van der Waals surface area (Å²) < 4.78 is 32.7. The van der Waals surface area contributed by atoms with Gasteiger partial charge in [-0.1, -0.05) is 30.3 Å². The van der Waals surface area contributed by atoms with Crippen molar-refractivity contribution in [2.75, 3.05) is 24.1 Å². The van der Waals surface area contributed by atoms with Crippen molar-refractivity contribution in [3.05, 3.63) is 72.3 Å². The lowest BCUT2D eigenvalue weighted by Crippen LogP contribution is -2.29. The number of aromatic nitrogens is 2. The second-order valence-electron chi connectivity index (χ2n) is 6.12. The smallest absolute Gasteiger partial charge is 0.302 e. The minimum Gasteiger partial charge on any atom is -0.489 e. The molecule has 0 spiro atoms. The second kappa shape index (κ2) is 8.68. The van der Waals surface area contributed by atoms with Gasteiger partial charge in [0, 0.05) is 19.8 Å². The number of anilines is 3. The number of benzene rings is 2. The third-order valence-electron chi connectivity index (χ3n) is 3.75. The fraction of sp³-hybridized carbons (Fsp3) is 0.158. The number of ether oxygens (including phenoxy) is 1. The molecule has 0 fully saturated rings. The van der Waals surface area contributed by atoms with Gasteiger partial charge in [0.1, 0.15) is 12.4 Å². The molecule has 1 heterocycles. The Labute approximate surface area is 164 Å². The van der Waals surface area contributed by atoms with Crippen LogP contribution in [0.2, 0.25) is 0 Å². The minimum atomic E-state index is -3.61. The van der Waals surface area contributed by atoms with Crippen molar-refractivity contribution >= 4 is 27.5 Å². The Morgan fingerprint density at radius 1 is 0.893 bits per heavy atom. The van der Waals surface area contributed by atoms with E-state index < -0.39 is 10.2 Å². The van der Waals surface area contributed by atoms with Crippen molar-refractivity contribution in [1.82, 2.24) is 14.5 Å². The zero-order chi connectivity index (χ0) is 20.0. The first-order chi connectivity index (χ1) is 13.4. The van der Waals surface area contributed by atoms with Crippen molar-refractivity contribution in [3.63, 3.8) is 0 Å². The molecule has 9 heteroatoms. The van der Waals surface area contributed by atoms with E-state index in [4.69, 9.17) is 4.74 Å². The fourth-order valence-electron chi connectivity index (χ4n) is 2.20. The molecule has 3 aromatic rings. The maximum atomic E-state index is 11.8. The molecule has 8 nitrogen and oxygen atoms in total. The van der Waals surface area contributed by atoms with Crippen molar-refractivity contribution < 1.29 is 13.2 Å². The van der Waals surface area contributed by atoms with Crippen LogP contribution >= 0.6 is 0 Å². The zero-order valence-electron chi connectivity index (χ0n) is 15.5. The topological polar surface area (TPSA) is 96.5 Å². The van der Waals surface area contributed by atoms with Crippen LogP contribution in [0.4, 0.5) is 17.3 Å². The van der Waals surface area contributed by atoms with Gasteiger partial charge in [-0.3, -0.25) is 4.72 Å². The summed E-state index contributed by atoms with van der Waals surface area (Å²) in [6.45, 7) is 0.503. The molecule has 0 unspecified atom stereocenters. The number of hydrogen-bond donors (Lipinski definition) is 2. The van der Waals surface area contributed by atoms with Crippen LogP contribution < -0.4 is 14.8 Å². The fourth-order valence-corrected chi connectivity index (χ4v) is 2.76. The number of rotatable bonds is 8. The summed E-state index contributed by atoms with van der Waals surface area (Å²) >= 11 is 0. The van der Waals surface area contributed by atoms with E-state index in [-0.39, 0.29) is 5.82 Å². The molecule has 0 saturated heterocycles. The van der Waals surface area contributed by atoms with Crippen molar-refractivity contribution in [3.8, 4) is 5.75 Å². The summed E-state index contributed by atoms with van der Waals surface area (Å²) in [6, 6.07) is 20.6. The van der Waals surface area contributed by atoms with Crippen LogP contribution in [-0.4, -0.2) is 37.0 Å². The molecule has 0 bridgehead atoms. The highest BCUT2D eigenvalue weighted by Gasteiger charge is 2.13. The standard InChI is InChI=1S/C19H21N5O3S/c1-24(2)28(25,26)23-19-13-12-18(21-22-19)20-16-8-10-17(11-9-16)27-14-15-6-4-3-5-7-15/h3-13H,14H2,1-2H3,(H,20,21)(H,22,23). The molecule has 0 atom stereocenters. The third kappa shape index (κ3) is 5.41. The minimum absolute atomic E-state index is 0.143. The summed E-state index contributed by atoms with van der Waals surface area (Å²) in [5.41, 5.74) is 1.91. The van der Waals surface area contributed by atoms with Gasteiger partial charge in [-0.05, 0) is 42.0 Å². The van der Waals surface area contributed by atoms with Gasteiger partial charge in [0.25, 0.3) is 0 Å². The van der Waals surface area contributed by atoms with E-state index in [1.807, 2.05) is 54.6 Å². The maximum absolute atomic E-state index is 11.8. The van der Waals surface area contributed by atoms with Crippen LogP contribution in [0.3, 0.4) is 0 Å². The van der Waals surface area contributed by atoms with Crippen molar-refractivity contribution in [2.45, 2.75) is 6.61 Å². The van der Waals surface area contributed by atoms with Crippen LogP contribution in [0.25, 0.3) is 0 Å². The van der Waals surface area contributed by atoms with Crippen molar-refractivity contribution in [2.24, 2.45) is 0 Å². The Balaban J connectivity index is 1.56. The van der Waals surface area contributed by atoms with Crippen LogP contribution in [-0.2, 0) is 16.8 Å². The average molecular weight is 399 g/mol. The van der Waals surface area contributed by atoms with E-state index in [0.29, 0.717) is 12.4 Å². The van der Waals surface area contributed by atoms with Gasteiger partial charge in [0.05, 0.1) is 0 Å². The Bertz CT molecular complexity index is 992. The van der Waals surface area contributed by atoms with Crippen LogP contribution in [0.1, 0.15) is 5.56 Å². The Kier molecular flexibility index (Phi) is 6.07. The number of nitrogens with one attached hydrogen (secondary N) is 2. The van der Waals surface area contributed by atoms with E-state index in [1.54, 1.807) is 6.07 Å². The predicted molar refractivity (Wildman–Crippen MR) is 109 cm³/mol. The molecule has 2 N–H and O–H groups in total. The maximum Gasteiger partial charge on any atom is 0.302 e. The molecule has 0 saturated carbocycles. The van der Waals surface area contributed by atoms with E-state index in [2.05, 4.69) is 20.2 Å². The van der Waals surface area contributed by atoms with E-state index in [0.717, 1.165) is 21.3 Å². The molecule has 0 amide bonds. The third-order valence-corrected chi connectivity index (χ3v) is 5.18. The van der Waals surface area contributed by atoms with Gasteiger partial charge in [0.2, 0.25) is 0 Å².